The number of carbonyl (C=O) groups is 1. The lowest BCUT2D eigenvalue weighted by molar-refractivity contribution is -0.132. The topological polar surface area (TPSA) is 64.4 Å². The molecule has 0 radical (unpaired) electrons. The fourth-order valence-electron chi connectivity index (χ4n) is 2.60. The molecule has 1 aromatic carbocycles. The van der Waals surface area contributed by atoms with Gasteiger partial charge in [-0.25, -0.2) is 0 Å². The van der Waals surface area contributed by atoms with Crippen molar-refractivity contribution in [2.75, 3.05) is 13.1 Å². The van der Waals surface area contributed by atoms with E-state index in [2.05, 4.69) is 19.2 Å². The van der Waals surface area contributed by atoms with Crippen LogP contribution in [0.4, 0.5) is 0 Å². The third-order valence-corrected chi connectivity index (χ3v) is 4.30. The Bertz CT molecular complexity index is 509. The van der Waals surface area contributed by atoms with Crippen LogP contribution >= 0.6 is 24.0 Å². The summed E-state index contributed by atoms with van der Waals surface area (Å²) >= 11 is 6.24. The number of ether oxygens (including phenoxy) is 1. The van der Waals surface area contributed by atoms with Gasteiger partial charge in [0.25, 0.3) is 0 Å². The fourth-order valence-corrected chi connectivity index (χ4v) is 2.99. The van der Waals surface area contributed by atoms with E-state index in [9.17, 15) is 4.79 Å². The molecule has 1 aliphatic heterocycles. The van der Waals surface area contributed by atoms with Crippen LogP contribution in [0.1, 0.15) is 32.3 Å². The summed E-state index contributed by atoms with van der Waals surface area (Å²) in [5.41, 5.74) is 6.35. The van der Waals surface area contributed by atoms with Gasteiger partial charge >= 0.3 is 0 Å². The highest BCUT2D eigenvalue weighted by Crippen LogP contribution is 2.29. The molecule has 2 rings (SSSR count). The number of nitrogens with two attached hydrogens (primary N) is 1. The van der Waals surface area contributed by atoms with Gasteiger partial charge < -0.3 is 15.8 Å². The number of benzene rings is 1. The minimum atomic E-state index is -0.374. The SMILES string of the molecule is CC(C)(CNC(=O)[C@@H]1CC[C@H](CN)O1)c1ccccc1Cl.Cl. The van der Waals surface area contributed by atoms with Gasteiger partial charge in [0, 0.05) is 23.5 Å². The van der Waals surface area contributed by atoms with Gasteiger partial charge in [0.15, 0.2) is 0 Å². The molecule has 1 aliphatic rings. The number of rotatable bonds is 5. The average molecular weight is 347 g/mol. The van der Waals surface area contributed by atoms with Crippen molar-refractivity contribution >= 4 is 29.9 Å². The van der Waals surface area contributed by atoms with Crippen LogP contribution in [0.3, 0.4) is 0 Å². The molecular weight excluding hydrogens is 323 g/mol. The van der Waals surface area contributed by atoms with E-state index in [0.717, 1.165) is 23.4 Å². The predicted octanol–water partition coefficient (Wildman–Crippen LogP) is 2.66. The molecule has 22 heavy (non-hydrogen) atoms. The van der Waals surface area contributed by atoms with E-state index in [4.69, 9.17) is 22.1 Å². The Labute approximate surface area is 143 Å². The first-order valence-corrected chi connectivity index (χ1v) is 7.70. The summed E-state index contributed by atoms with van der Waals surface area (Å²) in [5, 5.41) is 3.69. The van der Waals surface area contributed by atoms with Crippen LogP contribution in [0.15, 0.2) is 24.3 Å². The Morgan fingerprint density at radius 3 is 2.68 bits per heavy atom. The molecule has 0 bridgehead atoms. The number of hydrogen-bond donors (Lipinski definition) is 2. The standard InChI is InChI=1S/C16H23ClN2O2.ClH/c1-16(2,12-5-3-4-6-13(12)17)10-19-15(20)14-8-7-11(9-18)21-14;/h3-6,11,14H,7-10,18H2,1-2H3,(H,19,20);1H/t11-,14+;/m1./s1. The molecule has 1 amide bonds. The Balaban J connectivity index is 0.00000242. The van der Waals surface area contributed by atoms with E-state index in [-0.39, 0.29) is 35.9 Å². The summed E-state index contributed by atoms with van der Waals surface area (Å²) in [6, 6.07) is 7.72. The molecule has 0 saturated carbocycles. The van der Waals surface area contributed by atoms with Gasteiger partial charge in [-0.15, -0.1) is 12.4 Å². The molecule has 1 heterocycles. The van der Waals surface area contributed by atoms with Gasteiger partial charge in [0.2, 0.25) is 5.91 Å². The Kier molecular flexibility index (Phi) is 7.13. The third kappa shape index (κ3) is 4.59. The first-order valence-electron chi connectivity index (χ1n) is 7.32. The fraction of sp³-hybridized carbons (Fsp3) is 0.562. The first-order chi connectivity index (χ1) is 9.94. The van der Waals surface area contributed by atoms with Crippen LogP contribution in [0, 0.1) is 0 Å². The molecule has 2 atom stereocenters. The van der Waals surface area contributed by atoms with Crippen molar-refractivity contribution in [1.29, 1.82) is 0 Å². The molecule has 6 heteroatoms. The van der Waals surface area contributed by atoms with Crippen LogP contribution in [0.25, 0.3) is 0 Å². The summed E-state index contributed by atoms with van der Waals surface area (Å²) in [4.78, 5) is 12.2. The van der Waals surface area contributed by atoms with Gasteiger partial charge in [-0.3, -0.25) is 4.79 Å². The van der Waals surface area contributed by atoms with E-state index in [1.807, 2.05) is 24.3 Å². The van der Waals surface area contributed by atoms with Gasteiger partial charge in [0.1, 0.15) is 6.10 Å². The maximum atomic E-state index is 12.2. The monoisotopic (exact) mass is 346 g/mol. The highest BCUT2D eigenvalue weighted by molar-refractivity contribution is 6.31. The minimum Gasteiger partial charge on any atom is -0.364 e. The van der Waals surface area contributed by atoms with Gasteiger partial charge in [-0.05, 0) is 24.5 Å². The molecule has 1 fully saturated rings. The molecule has 3 N–H and O–H groups in total. The lowest BCUT2D eigenvalue weighted by atomic mass is 9.84. The van der Waals surface area contributed by atoms with Crippen LogP contribution in [0.2, 0.25) is 5.02 Å². The Hall–Kier alpha value is -0.810. The van der Waals surface area contributed by atoms with Crippen LogP contribution in [-0.2, 0) is 14.9 Å². The molecular formula is C16H24Cl2N2O2. The lowest BCUT2D eigenvalue weighted by Gasteiger charge is -2.27. The van der Waals surface area contributed by atoms with Crippen molar-refractivity contribution in [3.05, 3.63) is 34.9 Å². The van der Waals surface area contributed by atoms with Crippen molar-refractivity contribution in [3.8, 4) is 0 Å². The van der Waals surface area contributed by atoms with Crippen molar-refractivity contribution in [2.45, 2.75) is 44.3 Å². The lowest BCUT2D eigenvalue weighted by Crippen LogP contribution is -2.42. The number of carbonyl (C=O) groups excluding carboxylic acids is 1. The maximum absolute atomic E-state index is 12.2. The summed E-state index contributed by atoms with van der Waals surface area (Å²) in [6.45, 7) is 5.11. The first kappa shape index (κ1) is 19.2. The van der Waals surface area contributed by atoms with Crippen molar-refractivity contribution in [2.24, 2.45) is 5.73 Å². The molecule has 4 nitrogen and oxygen atoms in total. The Morgan fingerprint density at radius 2 is 2.09 bits per heavy atom. The summed E-state index contributed by atoms with van der Waals surface area (Å²) < 4.78 is 5.60. The zero-order chi connectivity index (χ0) is 15.5. The molecule has 0 spiro atoms. The minimum absolute atomic E-state index is 0. The second kappa shape index (κ2) is 8.16. The second-order valence-corrected chi connectivity index (χ2v) is 6.55. The highest BCUT2D eigenvalue weighted by Gasteiger charge is 2.31. The quantitative estimate of drug-likeness (QED) is 0.861. The largest absolute Gasteiger partial charge is 0.364 e. The van der Waals surface area contributed by atoms with E-state index in [1.54, 1.807) is 0 Å². The van der Waals surface area contributed by atoms with E-state index >= 15 is 0 Å². The zero-order valence-electron chi connectivity index (χ0n) is 13.0. The van der Waals surface area contributed by atoms with E-state index in [1.165, 1.54) is 0 Å². The summed E-state index contributed by atoms with van der Waals surface area (Å²) in [5.74, 6) is -0.0638. The van der Waals surface area contributed by atoms with Gasteiger partial charge in [-0.2, -0.15) is 0 Å². The van der Waals surface area contributed by atoms with Crippen molar-refractivity contribution in [1.82, 2.24) is 5.32 Å². The predicted molar refractivity (Wildman–Crippen MR) is 91.7 cm³/mol. The number of hydrogen-bond acceptors (Lipinski definition) is 3. The average Bonchev–Trinajstić information content (AvgIpc) is 2.94. The van der Waals surface area contributed by atoms with Gasteiger partial charge in [0.05, 0.1) is 6.10 Å². The molecule has 1 saturated heterocycles. The molecule has 0 aliphatic carbocycles. The van der Waals surface area contributed by atoms with E-state index < -0.39 is 0 Å². The van der Waals surface area contributed by atoms with Crippen LogP contribution < -0.4 is 11.1 Å². The second-order valence-electron chi connectivity index (χ2n) is 6.14. The molecule has 124 valence electrons. The third-order valence-electron chi connectivity index (χ3n) is 3.97. The van der Waals surface area contributed by atoms with E-state index in [0.29, 0.717) is 13.1 Å². The number of halogens is 2. The molecule has 0 aromatic heterocycles. The zero-order valence-corrected chi connectivity index (χ0v) is 14.5. The summed E-state index contributed by atoms with van der Waals surface area (Å²) in [6.07, 6.45) is 1.22. The number of amides is 1. The Morgan fingerprint density at radius 1 is 1.41 bits per heavy atom. The normalized spacial score (nSPS) is 21.3. The van der Waals surface area contributed by atoms with Crippen molar-refractivity contribution < 1.29 is 9.53 Å². The van der Waals surface area contributed by atoms with Crippen LogP contribution in [-0.4, -0.2) is 31.2 Å². The molecule has 0 unspecified atom stereocenters. The van der Waals surface area contributed by atoms with Crippen molar-refractivity contribution in [3.63, 3.8) is 0 Å². The van der Waals surface area contributed by atoms with Crippen LogP contribution in [0.5, 0.6) is 0 Å². The summed E-state index contributed by atoms with van der Waals surface area (Å²) in [7, 11) is 0. The maximum Gasteiger partial charge on any atom is 0.249 e. The van der Waals surface area contributed by atoms with Gasteiger partial charge in [-0.1, -0.05) is 43.6 Å². The smallest absolute Gasteiger partial charge is 0.249 e. The molecule has 1 aromatic rings. The highest BCUT2D eigenvalue weighted by atomic mass is 35.5. The number of nitrogens with one attached hydrogen (secondary N) is 1.